The van der Waals surface area contributed by atoms with Crippen LogP contribution in [-0.4, -0.2) is 64.8 Å². The van der Waals surface area contributed by atoms with E-state index in [9.17, 15) is 14.0 Å². The average molecular weight is 493 g/mol. The Balaban J connectivity index is 1.26. The Morgan fingerprint density at radius 3 is 2.61 bits per heavy atom. The van der Waals surface area contributed by atoms with Crippen molar-refractivity contribution in [1.82, 2.24) is 24.8 Å². The van der Waals surface area contributed by atoms with E-state index >= 15 is 0 Å². The fourth-order valence-electron chi connectivity index (χ4n) is 4.73. The van der Waals surface area contributed by atoms with E-state index in [0.29, 0.717) is 26.2 Å². The van der Waals surface area contributed by atoms with Crippen molar-refractivity contribution in [2.24, 2.45) is 5.92 Å². The summed E-state index contributed by atoms with van der Waals surface area (Å²) in [6.45, 7) is 6.03. The van der Waals surface area contributed by atoms with Gasteiger partial charge in [-0.2, -0.15) is 5.10 Å². The van der Waals surface area contributed by atoms with Crippen LogP contribution >= 0.6 is 0 Å². The number of hydrogen-bond donors (Lipinski definition) is 1. The highest BCUT2D eigenvalue weighted by Crippen LogP contribution is 2.31. The number of methoxy groups -OCH3 is 1. The number of carbonyl (C=O) groups excluding carboxylic acids is 2. The second kappa shape index (κ2) is 9.25. The first-order valence-corrected chi connectivity index (χ1v) is 11.9. The number of amides is 2. The van der Waals surface area contributed by atoms with Crippen molar-refractivity contribution in [1.29, 1.82) is 0 Å². The molecule has 4 heterocycles. The Kier molecular flexibility index (Phi) is 6.11. The van der Waals surface area contributed by atoms with Crippen LogP contribution in [-0.2, 0) is 15.1 Å². The lowest BCUT2D eigenvalue weighted by Gasteiger charge is -2.40. The van der Waals surface area contributed by atoms with Crippen LogP contribution < -0.4 is 10.2 Å². The number of nitrogens with zero attached hydrogens (tertiary/aromatic N) is 5. The highest BCUT2D eigenvalue weighted by molar-refractivity contribution is 5.84. The van der Waals surface area contributed by atoms with Gasteiger partial charge in [0.15, 0.2) is 5.82 Å². The number of nitrogens with one attached hydrogen (secondary N) is 1. The first-order valence-electron chi connectivity index (χ1n) is 11.9. The smallest absolute Gasteiger partial charge is 0.409 e. The molecule has 5 rings (SSSR count). The fraction of sp³-hybridized carbons (Fsp3) is 0.385. The first-order chi connectivity index (χ1) is 17.2. The molecular weight excluding hydrogens is 463 g/mol. The molecule has 188 valence electrons. The molecule has 1 saturated heterocycles. The van der Waals surface area contributed by atoms with Crippen molar-refractivity contribution in [2.45, 2.75) is 25.8 Å². The third-order valence-corrected chi connectivity index (χ3v) is 6.95. The first kappa shape index (κ1) is 23.8. The zero-order valence-electron chi connectivity index (χ0n) is 20.6. The van der Waals surface area contributed by atoms with Crippen LogP contribution in [0.15, 0.2) is 48.9 Å². The summed E-state index contributed by atoms with van der Waals surface area (Å²) in [6.07, 6.45) is 5.93. The maximum absolute atomic E-state index is 13.3. The topological polar surface area (TPSA) is 92.1 Å². The van der Waals surface area contributed by atoms with Gasteiger partial charge in [0.2, 0.25) is 5.91 Å². The molecule has 0 unspecified atom stereocenters. The molecular formula is C26H29FN6O3. The monoisotopic (exact) mass is 492 g/mol. The van der Waals surface area contributed by atoms with Gasteiger partial charge in [0.25, 0.3) is 0 Å². The number of fused-ring (bicyclic) bond motifs is 1. The summed E-state index contributed by atoms with van der Waals surface area (Å²) < 4.78 is 19.9. The molecule has 1 fully saturated rings. The minimum atomic E-state index is -0.610. The van der Waals surface area contributed by atoms with Gasteiger partial charge in [-0.3, -0.25) is 4.79 Å². The van der Waals surface area contributed by atoms with Gasteiger partial charge < -0.3 is 19.9 Å². The van der Waals surface area contributed by atoms with Crippen LogP contribution in [0.3, 0.4) is 0 Å². The summed E-state index contributed by atoms with van der Waals surface area (Å²) in [7, 11) is 1.39. The van der Waals surface area contributed by atoms with E-state index < -0.39 is 5.54 Å². The van der Waals surface area contributed by atoms with Crippen molar-refractivity contribution in [3.8, 4) is 0 Å². The molecule has 2 aliphatic rings. The third-order valence-electron chi connectivity index (χ3n) is 6.95. The molecule has 36 heavy (non-hydrogen) atoms. The highest BCUT2D eigenvalue weighted by Gasteiger charge is 2.37. The minimum absolute atomic E-state index is 0.0377. The van der Waals surface area contributed by atoms with Gasteiger partial charge in [0, 0.05) is 32.4 Å². The number of ether oxygens (including phenoxy) is 1. The van der Waals surface area contributed by atoms with Crippen LogP contribution in [0, 0.1) is 11.7 Å². The zero-order chi connectivity index (χ0) is 25.4. The molecule has 0 saturated carbocycles. The van der Waals surface area contributed by atoms with Crippen LogP contribution in [0.1, 0.15) is 31.4 Å². The lowest BCUT2D eigenvalue weighted by atomic mass is 9.91. The normalized spacial score (nSPS) is 16.5. The summed E-state index contributed by atoms with van der Waals surface area (Å²) in [5.41, 5.74) is 3.29. The van der Waals surface area contributed by atoms with Gasteiger partial charge in [-0.1, -0.05) is 18.2 Å². The summed E-state index contributed by atoms with van der Waals surface area (Å²) in [5, 5.41) is 7.45. The predicted octanol–water partition coefficient (Wildman–Crippen LogP) is 3.21. The minimum Gasteiger partial charge on any atom is -0.453 e. The van der Waals surface area contributed by atoms with E-state index in [1.165, 1.54) is 25.6 Å². The number of carbonyl (C=O) groups is 2. The molecule has 1 aromatic carbocycles. The van der Waals surface area contributed by atoms with E-state index in [4.69, 9.17) is 4.74 Å². The van der Waals surface area contributed by atoms with Gasteiger partial charge in [0.05, 0.1) is 18.6 Å². The third kappa shape index (κ3) is 4.50. The number of aromatic nitrogens is 3. The van der Waals surface area contributed by atoms with E-state index in [0.717, 1.165) is 34.5 Å². The molecule has 0 atom stereocenters. The number of benzene rings is 1. The predicted molar refractivity (Wildman–Crippen MR) is 133 cm³/mol. The van der Waals surface area contributed by atoms with Gasteiger partial charge in [-0.05, 0) is 55.2 Å². The molecule has 1 N–H and O–H groups in total. The van der Waals surface area contributed by atoms with Crippen LogP contribution in [0.25, 0.3) is 11.1 Å². The summed E-state index contributed by atoms with van der Waals surface area (Å²) in [5.74, 6) is 0.276. The summed E-state index contributed by atoms with van der Waals surface area (Å²) in [4.78, 5) is 32.9. The van der Waals surface area contributed by atoms with Gasteiger partial charge in [-0.15, -0.1) is 0 Å². The van der Waals surface area contributed by atoms with E-state index in [1.807, 2.05) is 26.1 Å². The van der Waals surface area contributed by atoms with Gasteiger partial charge in [-0.25, -0.2) is 18.7 Å². The molecule has 9 nitrogen and oxygen atoms in total. The highest BCUT2D eigenvalue weighted by atomic mass is 19.1. The zero-order valence-corrected chi connectivity index (χ0v) is 20.6. The maximum Gasteiger partial charge on any atom is 0.409 e. The van der Waals surface area contributed by atoms with Gasteiger partial charge in [0.1, 0.15) is 17.7 Å². The fourth-order valence-corrected chi connectivity index (χ4v) is 4.73. The second-order valence-electron chi connectivity index (χ2n) is 9.76. The quantitative estimate of drug-likeness (QED) is 0.588. The van der Waals surface area contributed by atoms with Crippen molar-refractivity contribution < 1.29 is 18.7 Å². The average Bonchev–Trinajstić information content (AvgIpc) is 3.28. The Bertz CT molecular complexity index is 1330. The number of halogens is 1. The summed E-state index contributed by atoms with van der Waals surface area (Å²) >= 11 is 0. The van der Waals surface area contributed by atoms with Crippen LogP contribution in [0.2, 0.25) is 0 Å². The standard InChI is InChI=1S/C26H29FN6O3/c1-26(2,20-4-6-21(27)7-5-20)30-24(34)19-13-32(14-19)23-22-12-18(15-33(22)29-16-28-23)17-8-10-31(11-9-17)25(35)36-3/h4-8,12,15-16,19H,9-11,13-14H2,1-3H3,(H,30,34). The van der Waals surface area contributed by atoms with E-state index in [2.05, 4.69) is 26.4 Å². The molecule has 0 aliphatic carbocycles. The van der Waals surface area contributed by atoms with Crippen LogP contribution in [0.5, 0.6) is 0 Å². The van der Waals surface area contributed by atoms with Gasteiger partial charge >= 0.3 is 6.09 Å². The van der Waals surface area contributed by atoms with E-state index in [1.54, 1.807) is 21.5 Å². The second-order valence-corrected chi connectivity index (χ2v) is 9.76. The molecule has 2 amide bonds. The Morgan fingerprint density at radius 2 is 1.94 bits per heavy atom. The molecule has 3 aromatic rings. The van der Waals surface area contributed by atoms with Crippen molar-refractivity contribution in [3.05, 3.63) is 65.9 Å². The molecule has 10 heteroatoms. The lowest BCUT2D eigenvalue weighted by molar-refractivity contribution is -0.127. The Hall–Kier alpha value is -3.95. The Labute approximate surface area is 208 Å². The summed E-state index contributed by atoms with van der Waals surface area (Å²) in [6, 6.07) is 8.25. The molecule has 2 aliphatic heterocycles. The SMILES string of the molecule is COC(=O)N1CC=C(c2cc3c(N4CC(C(=O)NC(C)(C)c5ccc(F)cc5)C4)ncnn3c2)CC1. The molecule has 2 aromatic heterocycles. The van der Waals surface area contributed by atoms with Crippen molar-refractivity contribution in [3.63, 3.8) is 0 Å². The van der Waals surface area contributed by atoms with Crippen LogP contribution in [0.4, 0.5) is 15.0 Å². The van der Waals surface area contributed by atoms with E-state index in [-0.39, 0.29) is 23.7 Å². The molecule has 0 spiro atoms. The number of anilines is 1. The number of rotatable bonds is 5. The van der Waals surface area contributed by atoms with Crippen molar-refractivity contribution in [2.75, 3.05) is 38.2 Å². The maximum atomic E-state index is 13.3. The molecule has 0 bridgehead atoms. The molecule has 0 radical (unpaired) electrons. The lowest BCUT2D eigenvalue weighted by Crippen LogP contribution is -2.56. The Morgan fingerprint density at radius 1 is 1.19 bits per heavy atom. The number of hydrogen-bond acceptors (Lipinski definition) is 6. The largest absolute Gasteiger partial charge is 0.453 e. The van der Waals surface area contributed by atoms with Crippen molar-refractivity contribution >= 4 is 28.9 Å².